The standard InChI is InChI=1S/C11H20/c1-9-6-5-7-10(9)8-11(2,3)4/h5-6,9-10H,7-8H2,1-4H3/t9-,10-/m0/s1. The highest BCUT2D eigenvalue weighted by molar-refractivity contribution is 4.99. The van der Waals surface area contributed by atoms with Crippen molar-refractivity contribution in [3.63, 3.8) is 0 Å². The highest BCUT2D eigenvalue weighted by Crippen LogP contribution is 2.35. The van der Waals surface area contributed by atoms with E-state index in [2.05, 4.69) is 39.8 Å². The van der Waals surface area contributed by atoms with Gasteiger partial charge in [0.25, 0.3) is 0 Å². The molecule has 0 saturated carbocycles. The molecule has 1 rings (SSSR count). The molecule has 0 fully saturated rings. The van der Waals surface area contributed by atoms with Crippen LogP contribution < -0.4 is 0 Å². The molecule has 0 heterocycles. The Bertz CT molecular complexity index is 148. The third-order valence-corrected chi connectivity index (χ3v) is 2.50. The van der Waals surface area contributed by atoms with Gasteiger partial charge in [0.15, 0.2) is 0 Å². The van der Waals surface area contributed by atoms with Crippen LogP contribution in [0.25, 0.3) is 0 Å². The van der Waals surface area contributed by atoms with Crippen LogP contribution in [-0.4, -0.2) is 0 Å². The number of hydrogen-bond acceptors (Lipinski definition) is 0. The summed E-state index contributed by atoms with van der Waals surface area (Å²) < 4.78 is 0. The molecule has 11 heavy (non-hydrogen) atoms. The van der Waals surface area contributed by atoms with Crippen LogP contribution in [0.5, 0.6) is 0 Å². The molecule has 0 N–H and O–H groups in total. The minimum Gasteiger partial charge on any atom is -0.0880 e. The topological polar surface area (TPSA) is 0 Å². The predicted octanol–water partition coefficient (Wildman–Crippen LogP) is 3.63. The van der Waals surface area contributed by atoms with Gasteiger partial charge in [0.05, 0.1) is 0 Å². The highest BCUT2D eigenvalue weighted by Gasteiger charge is 2.23. The van der Waals surface area contributed by atoms with Gasteiger partial charge in [-0.25, -0.2) is 0 Å². The lowest BCUT2D eigenvalue weighted by atomic mass is 9.80. The third kappa shape index (κ3) is 2.69. The summed E-state index contributed by atoms with van der Waals surface area (Å²) in [6.07, 6.45) is 7.36. The zero-order valence-electron chi connectivity index (χ0n) is 8.22. The largest absolute Gasteiger partial charge is 0.0880 e. The molecule has 0 amide bonds. The van der Waals surface area contributed by atoms with Crippen molar-refractivity contribution in [3.8, 4) is 0 Å². The van der Waals surface area contributed by atoms with Crippen LogP contribution in [0.3, 0.4) is 0 Å². The fourth-order valence-corrected chi connectivity index (χ4v) is 1.90. The van der Waals surface area contributed by atoms with Gasteiger partial charge < -0.3 is 0 Å². The minimum absolute atomic E-state index is 0.505. The molecule has 0 aliphatic heterocycles. The fraction of sp³-hybridized carbons (Fsp3) is 0.818. The Balaban J connectivity index is 2.40. The molecule has 0 heteroatoms. The van der Waals surface area contributed by atoms with E-state index in [4.69, 9.17) is 0 Å². The molecule has 1 aliphatic carbocycles. The third-order valence-electron chi connectivity index (χ3n) is 2.50. The van der Waals surface area contributed by atoms with Crippen molar-refractivity contribution in [1.82, 2.24) is 0 Å². The first-order valence-electron chi connectivity index (χ1n) is 4.66. The van der Waals surface area contributed by atoms with E-state index >= 15 is 0 Å². The fourth-order valence-electron chi connectivity index (χ4n) is 1.90. The van der Waals surface area contributed by atoms with Gasteiger partial charge in [-0.2, -0.15) is 0 Å². The van der Waals surface area contributed by atoms with E-state index in [1.807, 2.05) is 0 Å². The SMILES string of the molecule is C[C@H]1C=CC[C@H]1CC(C)(C)C. The van der Waals surface area contributed by atoms with Crippen molar-refractivity contribution in [3.05, 3.63) is 12.2 Å². The molecule has 0 nitrogen and oxygen atoms in total. The number of rotatable bonds is 1. The summed E-state index contributed by atoms with van der Waals surface area (Å²) in [4.78, 5) is 0. The molecule has 2 atom stereocenters. The van der Waals surface area contributed by atoms with Crippen LogP contribution in [0.2, 0.25) is 0 Å². The van der Waals surface area contributed by atoms with Gasteiger partial charge in [-0.1, -0.05) is 39.8 Å². The zero-order chi connectivity index (χ0) is 8.48. The lowest BCUT2D eigenvalue weighted by molar-refractivity contribution is 0.268. The molecular weight excluding hydrogens is 132 g/mol. The van der Waals surface area contributed by atoms with E-state index in [1.54, 1.807) is 0 Å². The van der Waals surface area contributed by atoms with Crippen LogP contribution in [0.1, 0.15) is 40.5 Å². The smallest absolute Gasteiger partial charge is 0.0230 e. The van der Waals surface area contributed by atoms with Crippen molar-refractivity contribution in [1.29, 1.82) is 0 Å². The average molecular weight is 152 g/mol. The first-order chi connectivity index (χ1) is 4.99. The summed E-state index contributed by atoms with van der Waals surface area (Å²) in [6.45, 7) is 9.33. The Morgan fingerprint density at radius 2 is 2.00 bits per heavy atom. The summed E-state index contributed by atoms with van der Waals surface area (Å²) in [7, 11) is 0. The summed E-state index contributed by atoms with van der Waals surface area (Å²) in [6, 6.07) is 0. The lowest BCUT2D eigenvalue weighted by Crippen LogP contribution is -2.15. The number of allylic oxidation sites excluding steroid dienone is 2. The van der Waals surface area contributed by atoms with Gasteiger partial charge in [0, 0.05) is 0 Å². The van der Waals surface area contributed by atoms with Crippen LogP contribution >= 0.6 is 0 Å². The molecular formula is C11H20. The summed E-state index contributed by atoms with van der Waals surface area (Å²) >= 11 is 0. The highest BCUT2D eigenvalue weighted by atomic mass is 14.3. The van der Waals surface area contributed by atoms with Crippen LogP contribution in [0.15, 0.2) is 12.2 Å². The van der Waals surface area contributed by atoms with Gasteiger partial charge in [-0.3, -0.25) is 0 Å². The minimum atomic E-state index is 0.505. The summed E-state index contributed by atoms with van der Waals surface area (Å²) in [5.41, 5.74) is 0.505. The molecule has 0 unspecified atom stereocenters. The summed E-state index contributed by atoms with van der Waals surface area (Å²) in [5, 5.41) is 0. The van der Waals surface area contributed by atoms with Crippen molar-refractivity contribution in [2.75, 3.05) is 0 Å². The maximum Gasteiger partial charge on any atom is -0.0230 e. The van der Waals surface area contributed by atoms with Crippen LogP contribution in [0, 0.1) is 17.3 Å². The van der Waals surface area contributed by atoms with E-state index in [1.165, 1.54) is 12.8 Å². The maximum absolute atomic E-state index is 2.36. The lowest BCUT2D eigenvalue weighted by Gasteiger charge is -2.25. The van der Waals surface area contributed by atoms with E-state index in [-0.39, 0.29) is 0 Å². The first-order valence-corrected chi connectivity index (χ1v) is 4.66. The molecule has 64 valence electrons. The Hall–Kier alpha value is -0.260. The first kappa shape index (κ1) is 8.83. The van der Waals surface area contributed by atoms with E-state index in [0.29, 0.717) is 5.41 Å². The second kappa shape index (κ2) is 3.00. The van der Waals surface area contributed by atoms with Gasteiger partial charge in [0.2, 0.25) is 0 Å². The Kier molecular flexibility index (Phi) is 2.41. The molecule has 0 aromatic heterocycles. The molecule has 1 aliphatic rings. The van der Waals surface area contributed by atoms with Gasteiger partial charge >= 0.3 is 0 Å². The Morgan fingerprint density at radius 3 is 2.36 bits per heavy atom. The van der Waals surface area contributed by atoms with Gasteiger partial charge in [0.1, 0.15) is 0 Å². The monoisotopic (exact) mass is 152 g/mol. The van der Waals surface area contributed by atoms with Crippen LogP contribution in [0.4, 0.5) is 0 Å². The molecule has 0 spiro atoms. The summed E-state index contributed by atoms with van der Waals surface area (Å²) in [5.74, 6) is 1.73. The Morgan fingerprint density at radius 1 is 1.36 bits per heavy atom. The molecule has 0 aromatic carbocycles. The molecule has 0 saturated heterocycles. The van der Waals surface area contributed by atoms with Crippen LogP contribution in [-0.2, 0) is 0 Å². The quantitative estimate of drug-likeness (QED) is 0.503. The zero-order valence-corrected chi connectivity index (χ0v) is 8.22. The van der Waals surface area contributed by atoms with Crippen molar-refractivity contribution in [2.45, 2.75) is 40.5 Å². The van der Waals surface area contributed by atoms with Crippen molar-refractivity contribution in [2.24, 2.45) is 17.3 Å². The van der Waals surface area contributed by atoms with Crippen molar-refractivity contribution < 1.29 is 0 Å². The van der Waals surface area contributed by atoms with E-state index in [9.17, 15) is 0 Å². The molecule has 0 radical (unpaired) electrons. The normalized spacial score (nSPS) is 31.3. The Labute approximate surface area is 70.7 Å². The maximum atomic E-state index is 2.36. The van der Waals surface area contributed by atoms with Crippen molar-refractivity contribution >= 4 is 0 Å². The van der Waals surface area contributed by atoms with E-state index in [0.717, 1.165) is 11.8 Å². The molecule has 0 aromatic rings. The van der Waals surface area contributed by atoms with E-state index < -0.39 is 0 Å². The average Bonchev–Trinajstić information content (AvgIpc) is 2.12. The van der Waals surface area contributed by atoms with Gasteiger partial charge in [-0.15, -0.1) is 0 Å². The predicted molar refractivity (Wildman–Crippen MR) is 50.5 cm³/mol. The van der Waals surface area contributed by atoms with Gasteiger partial charge in [-0.05, 0) is 30.1 Å². The number of hydrogen-bond donors (Lipinski definition) is 0. The molecule has 0 bridgehead atoms. The second-order valence-electron chi connectivity index (χ2n) is 5.05. The second-order valence-corrected chi connectivity index (χ2v) is 5.05.